The number of rotatable bonds is 7. The minimum atomic E-state index is -0.404. The number of hydrogen-bond acceptors (Lipinski definition) is 8. The molecule has 0 saturated carbocycles. The largest absolute Gasteiger partial charge is 0.462 e. The van der Waals surface area contributed by atoms with Crippen LogP contribution in [0.1, 0.15) is 25.8 Å². The summed E-state index contributed by atoms with van der Waals surface area (Å²) in [5.41, 5.74) is 1.05. The molecule has 9 nitrogen and oxygen atoms in total. The Labute approximate surface area is 178 Å². The summed E-state index contributed by atoms with van der Waals surface area (Å²) in [6.07, 6.45) is 1.08. The number of nitro groups is 1. The van der Waals surface area contributed by atoms with Gasteiger partial charge in [-0.15, -0.1) is 0 Å². The van der Waals surface area contributed by atoms with Crippen LogP contribution < -0.4 is 16.0 Å². The molecule has 1 unspecified atom stereocenters. The molecule has 30 heavy (non-hydrogen) atoms. The zero-order chi connectivity index (χ0) is 21.8. The molecule has 9 heteroatoms. The van der Waals surface area contributed by atoms with Gasteiger partial charge in [-0.05, 0) is 32.3 Å². The Morgan fingerprint density at radius 2 is 1.57 bits per heavy atom. The number of carbonyl (C=O) groups excluding carboxylic acids is 1. The van der Waals surface area contributed by atoms with E-state index in [1.807, 2.05) is 13.8 Å². The summed E-state index contributed by atoms with van der Waals surface area (Å²) >= 11 is 0. The Kier molecular flexibility index (Phi) is 10.7. The monoisotopic (exact) mass is 421 g/mol. The van der Waals surface area contributed by atoms with Gasteiger partial charge in [-0.2, -0.15) is 0 Å². The van der Waals surface area contributed by atoms with Crippen LogP contribution in [-0.4, -0.2) is 80.3 Å². The number of carbonyl (C=O) groups is 1. The highest BCUT2D eigenvalue weighted by Crippen LogP contribution is 2.16. The van der Waals surface area contributed by atoms with Crippen LogP contribution in [0.25, 0.3) is 0 Å². The van der Waals surface area contributed by atoms with Gasteiger partial charge in [0.15, 0.2) is 0 Å². The molecule has 1 heterocycles. The summed E-state index contributed by atoms with van der Waals surface area (Å²) in [7, 11) is 0. The van der Waals surface area contributed by atoms with E-state index >= 15 is 0 Å². The fourth-order valence-electron chi connectivity index (χ4n) is 3.45. The number of benzene rings is 1. The van der Waals surface area contributed by atoms with Gasteiger partial charge in [-0.1, -0.05) is 12.1 Å². The fourth-order valence-corrected chi connectivity index (χ4v) is 3.45. The molecule has 3 N–H and O–H groups in total. The van der Waals surface area contributed by atoms with E-state index in [4.69, 9.17) is 4.74 Å². The van der Waals surface area contributed by atoms with Crippen LogP contribution in [0.4, 0.5) is 5.69 Å². The standard InChI is InChI=1S/C21H35N5O4/c1-17(2)30-21(27)20(8-5-18-3-6-19(7-4-18)26(28)29)25-15-13-23-11-9-22-10-12-24-14-16-25/h3-4,6-7,17,20,22-24H,5,8-16H2,1-2H3. The number of nitro benzene ring substituents is 1. The number of nitrogens with one attached hydrogen (secondary N) is 3. The van der Waals surface area contributed by atoms with Crippen LogP contribution in [-0.2, 0) is 16.0 Å². The van der Waals surface area contributed by atoms with E-state index in [1.165, 1.54) is 12.1 Å². The van der Waals surface area contributed by atoms with Crippen molar-refractivity contribution in [2.45, 2.75) is 38.8 Å². The maximum Gasteiger partial charge on any atom is 0.323 e. The van der Waals surface area contributed by atoms with E-state index in [1.54, 1.807) is 12.1 Å². The van der Waals surface area contributed by atoms with Crippen LogP contribution in [0, 0.1) is 10.1 Å². The summed E-state index contributed by atoms with van der Waals surface area (Å²) in [5, 5.41) is 21.1. The maximum absolute atomic E-state index is 12.9. The molecule has 0 spiro atoms. The zero-order valence-electron chi connectivity index (χ0n) is 18.1. The molecule has 1 aromatic carbocycles. The molecular weight excluding hydrogens is 386 g/mol. The topological polar surface area (TPSA) is 109 Å². The molecule has 1 aromatic rings. The normalized spacial score (nSPS) is 18.2. The molecular formula is C21H35N5O4. The second kappa shape index (κ2) is 13.3. The maximum atomic E-state index is 12.9. The molecule has 1 saturated heterocycles. The number of hydrogen-bond donors (Lipinski definition) is 3. The van der Waals surface area contributed by atoms with Crippen molar-refractivity contribution in [3.63, 3.8) is 0 Å². The first-order chi connectivity index (χ1) is 14.5. The minimum absolute atomic E-state index is 0.0734. The molecule has 168 valence electrons. The van der Waals surface area contributed by atoms with Gasteiger partial charge in [0.25, 0.3) is 5.69 Å². The molecule has 0 amide bonds. The lowest BCUT2D eigenvalue weighted by Crippen LogP contribution is -2.49. The summed E-state index contributed by atoms with van der Waals surface area (Å²) in [4.78, 5) is 25.5. The first-order valence-corrected chi connectivity index (χ1v) is 10.8. The van der Waals surface area contributed by atoms with Crippen LogP contribution in [0.3, 0.4) is 0 Å². The fraction of sp³-hybridized carbons (Fsp3) is 0.667. The summed E-state index contributed by atoms with van der Waals surface area (Å²) in [6.45, 7) is 10.4. The van der Waals surface area contributed by atoms with Gasteiger partial charge < -0.3 is 20.7 Å². The number of nitrogens with zero attached hydrogens (tertiary/aromatic N) is 2. The average Bonchev–Trinajstić information content (AvgIpc) is 2.69. The van der Waals surface area contributed by atoms with Gasteiger partial charge >= 0.3 is 5.97 Å². The van der Waals surface area contributed by atoms with Crippen molar-refractivity contribution in [2.75, 3.05) is 52.4 Å². The van der Waals surface area contributed by atoms with E-state index in [2.05, 4.69) is 20.9 Å². The third-order valence-corrected chi connectivity index (χ3v) is 5.03. The highest BCUT2D eigenvalue weighted by atomic mass is 16.6. The second-order valence-corrected chi connectivity index (χ2v) is 7.75. The van der Waals surface area contributed by atoms with E-state index in [9.17, 15) is 14.9 Å². The Morgan fingerprint density at radius 3 is 2.07 bits per heavy atom. The smallest absolute Gasteiger partial charge is 0.323 e. The van der Waals surface area contributed by atoms with Crippen molar-refractivity contribution >= 4 is 11.7 Å². The molecule has 1 atom stereocenters. The lowest BCUT2D eigenvalue weighted by molar-refractivity contribution is -0.384. The number of esters is 1. The second-order valence-electron chi connectivity index (χ2n) is 7.75. The molecule has 0 aliphatic carbocycles. The molecule has 0 radical (unpaired) electrons. The molecule has 1 aliphatic rings. The lowest BCUT2D eigenvalue weighted by atomic mass is 10.0. The van der Waals surface area contributed by atoms with E-state index < -0.39 is 4.92 Å². The first-order valence-electron chi connectivity index (χ1n) is 10.8. The Morgan fingerprint density at radius 1 is 1.03 bits per heavy atom. The highest BCUT2D eigenvalue weighted by molar-refractivity contribution is 5.76. The predicted molar refractivity (Wildman–Crippen MR) is 117 cm³/mol. The van der Waals surface area contributed by atoms with Crippen LogP contribution in [0.5, 0.6) is 0 Å². The van der Waals surface area contributed by atoms with E-state index in [0.29, 0.717) is 12.8 Å². The summed E-state index contributed by atoms with van der Waals surface area (Å²) in [6, 6.07) is 6.18. The van der Waals surface area contributed by atoms with Crippen LogP contribution in [0.2, 0.25) is 0 Å². The Bertz CT molecular complexity index is 641. The van der Waals surface area contributed by atoms with Crippen molar-refractivity contribution in [2.24, 2.45) is 0 Å². The SMILES string of the molecule is CC(C)OC(=O)C(CCc1ccc([N+](=O)[O-])cc1)N1CCNCCNCCNCC1. The van der Waals surface area contributed by atoms with Crippen LogP contribution >= 0.6 is 0 Å². The van der Waals surface area contributed by atoms with Crippen molar-refractivity contribution in [3.8, 4) is 0 Å². The third kappa shape index (κ3) is 8.74. The van der Waals surface area contributed by atoms with Crippen molar-refractivity contribution in [1.29, 1.82) is 0 Å². The summed E-state index contributed by atoms with van der Waals surface area (Å²) < 4.78 is 5.56. The number of ether oxygens (including phenoxy) is 1. The van der Waals surface area contributed by atoms with Crippen molar-refractivity contribution in [3.05, 3.63) is 39.9 Å². The summed E-state index contributed by atoms with van der Waals surface area (Å²) in [5.74, 6) is -0.208. The molecule has 1 aliphatic heterocycles. The van der Waals surface area contributed by atoms with Crippen molar-refractivity contribution in [1.82, 2.24) is 20.9 Å². The average molecular weight is 422 g/mol. The zero-order valence-corrected chi connectivity index (χ0v) is 18.1. The molecule has 0 aromatic heterocycles. The van der Waals surface area contributed by atoms with Gasteiger partial charge in [0, 0.05) is 64.5 Å². The lowest BCUT2D eigenvalue weighted by Gasteiger charge is -2.31. The molecule has 0 bridgehead atoms. The number of aryl methyl sites for hydroxylation is 1. The highest BCUT2D eigenvalue weighted by Gasteiger charge is 2.27. The molecule has 1 fully saturated rings. The predicted octanol–water partition coefficient (Wildman–Crippen LogP) is 0.932. The van der Waals surface area contributed by atoms with Gasteiger partial charge in [0.1, 0.15) is 6.04 Å². The van der Waals surface area contributed by atoms with E-state index in [-0.39, 0.29) is 23.8 Å². The molecule has 2 rings (SSSR count). The van der Waals surface area contributed by atoms with Crippen LogP contribution in [0.15, 0.2) is 24.3 Å². The van der Waals surface area contributed by atoms with Gasteiger partial charge in [0.05, 0.1) is 11.0 Å². The van der Waals surface area contributed by atoms with Gasteiger partial charge in [-0.25, -0.2) is 0 Å². The first kappa shape index (κ1) is 24.2. The van der Waals surface area contributed by atoms with Gasteiger partial charge in [0.2, 0.25) is 0 Å². The Hall–Kier alpha value is -2.07. The van der Waals surface area contributed by atoms with E-state index in [0.717, 1.165) is 57.9 Å². The van der Waals surface area contributed by atoms with Crippen molar-refractivity contribution < 1.29 is 14.5 Å². The van der Waals surface area contributed by atoms with Gasteiger partial charge in [-0.3, -0.25) is 19.8 Å². The quantitative estimate of drug-likeness (QED) is 0.339. The Balaban J connectivity index is 2.06. The minimum Gasteiger partial charge on any atom is -0.462 e. The third-order valence-electron chi connectivity index (χ3n) is 5.03. The number of non-ortho nitro benzene ring substituents is 1.